The van der Waals surface area contributed by atoms with Gasteiger partial charge in [0.1, 0.15) is 16.6 Å². The Balaban J connectivity index is 1.81. The van der Waals surface area contributed by atoms with Crippen LogP contribution in [0.2, 0.25) is 0 Å². The molecule has 0 fully saturated rings. The van der Waals surface area contributed by atoms with Crippen molar-refractivity contribution in [2.24, 2.45) is 0 Å². The van der Waals surface area contributed by atoms with Crippen molar-refractivity contribution in [2.45, 2.75) is 11.8 Å². The monoisotopic (exact) mass is 351 g/mol. The molecule has 25 heavy (non-hydrogen) atoms. The summed E-state index contributed by atoms with van der Waals surface area (Å²) in [6, 6.07) is 8.73. The van der Waals surface area contributed by atoms with Crippen LogP contribution in [0, 0.1) is 18.3 Å². The number of hydrogen-bond acceptors (Lipinski definition) is 4. The van der Waals surface area contributed by atoms with Gasteiger partial charge in [-0.2, -0.15) is 5.26 Å². The van der Waals surface area contributed by atoms with E-state index >= 15 is 0 Å². The van der Waals surface area contributed by atoms with Gasteiger partial charge in [0.15, 0.2) is 0 Å². The molecule has 0 aliphatic rings. The number of benzene rings is 1. The minimum atomic E-state index is -3.79. The molecule has 2 N–H and O–H groups in total. The molecule has 0 aliphatic heterocycles. The molecule has 0 spiro atoms. The Hall–Kier alpha value is -3.31. The number of nitrogens with zero attached hydrogens (tertiary/aromatic N) is 3. The van der Waals surface area contributed by atoms with Crippen LogP contribution in [-0.2, 0) is 10.0 Å². The maximum atomic E-state index is 12.7. The number of aryl methyl sites for hydroxylation is 1. The van der Waals surface area contributed by atoms with Gasteiger partial charge in [-0.15, -0.1) is 0 Å². The average molecular weight is 351 g/mol. The summed E-state index contributed by atoms with van der Waals surface area (Å²) in [6.45, 7) is 1.88. The number of fused-ring (bicyclic) bond motifs is 2. The highest BCUT2D eigenvalue weighted by Crippen LogP contribution is 2.29. The molecule has 0 bridgehead atoms. The second kappa shape index (κ2) is 5.36. The molecular weight excluding hydrogens is 338 g/mol. The Morgan fingerprint density at radius 3 is 2.92 bits per heavy atom. The van der Waals surface area contributed by atoms with Gasteiger partial charge in [0, 0.05) is 30.2 Å². The van der Waals surface area contributed by atoms with Crippen molar-refractivity contribution in [3.63, 3.8) is 0 Å². The van der Waals surface area contributed by atoms with Gasteiger partial charge >= 0.3 is 0 Å². The topological polar surface area (TPSA) is 103 Å². The highest BCUT2D eigenvalue weighted by molar-refractivity contribution is 7.92. The van der Waals surface area contributed by atoms with Crippen LogP contribution in [-0.4, -0.2) is 22.8 Å². The number of nitriles is 1. The molecular formula is C17H13N5O2S. The Labute approximate surface area is 143 Å². The minimum absolute atomic E-state index is 0.124. The SMILES string of the molecule is Cc1ccc(NS(=O)(=O)c2ccc3nccn3c2)c2[nH]cc(C#N)c12. The summed E-state index contributed by atoms with van der Waals surface area (Å²) in [6.07, 6.45) is 6.37. The highest BCUT2D eigenvalue weighted by Gasteiger charge is 2.18. The molecule has 0 aliphatic carbocycles. The van der Waals surface area contributed by atoms with E-state index < -0.39 is 10.0 Å². The third-order valence-corrected chi connectivity index (χ3v) is 5.43. The number of aromatic nitrogens is 3. The minimum Gasteiger partial charge on any atom is -0.358 e. The van der Waals surface area contributed by atoms with Gasteiger partial charge in [0.2, 0.25) is 0 Å². The zero-order chi connectivity index (χ0) is 17.6. The van der Waals surface area contributed by atoms with Crippen LogP contribution in [0.3, 0.4) is 0 Å². The summed E-state index contributed by atoms with van der Waals surface area (Å²) >= 11 is 0. The number of aromatic amines is 1. The van der Waals surface area contributed by atoms with E-state index in [1.807, 2.05) is 6.92 Å². The first-order valence-electron chi connectivity index (χ1n) is 7.46. The maximum absolute atomic E-state index is 12.7. The number of pyridine rings is 1. The molecule has 3 aromatic heterocycles. The van der Waals surface area contributed by atoms with Crippen LogP contribution in [0.4, 0.5) is 5.69 Å². The number of rotatable bonds is 3. The number of sulfonamides is 1. The molecule has 4 aromatic rings. The smallest absolute Gasteiger partial charge is 0.263 e. The average Bonchev–Trinajstić information content (AvgIpc) is 3.23. The van der Waals surface area contributed by atoms with Gasteiger partial charge in [-0.1, -0.05) is 6.07 Å². The molecule has 0 atom stereocenters. The first-order chi connectivity index (χ1) is 12.0. The second-order valence-electron chi connectivity index (χ2n) is 5.66. The molecule has 8 heteroatoms. The van der Waals surface area contributed by atoms with Crippen LogP contribution in [0.1, 0.15) is 11.1 Å². The van der Waals surface area contributed by atoms with Crippen molar-refractivity contribution < 1.29 is 8.42 Å². The Bertz CT molecular complexity index is 1260. The normalized spacial score (nSPS) is 11.7. The van der Waals surface area contributed by atoms with Crippen LogP contribution < -0.4 is 4.72 Å². The predicted molar refractivity (Wildman–Crippen MR) is 93.8 cm³/mol. The number of nitrogens with one attached hydrogen (secondary N) is 2. The summed E-state index contributed by atoms with van der Waals surface area (Å²) in [7, 11) is -3.79. The molecule has 7 nitrogen and oxygen atoms in total. The fourth-order valence-corrected chi connectivity index (χ4v) is 3.93. The largest absolute Gasteiger partial charge is 0.358 e. The predicted octanol–water partition coefficient (Wildman–Crippen LogP) is 2.80. The fourth-order valence-electron chi connectivity index (χ4n) is 2.86. The summed E-state index contributed by atoms with van der Waals surface area (Å²) < 4.78 is 29.7. The van der Waals surface area contributed by atoms with Crippen molar-refractivity contribution in [1.29, 1.82) is 5.26 Å². The lowest BCUT2D eigenvalue weighted by molar-refractivity contribution is 0.600. The lowest BCUT2D eigenvalue weighted by Crippen LogP contribution is -2.14. The zero-order valence-electron chi connectivity index (χ0n) is 13.2. The van der Waals surface area contributed by atoms with E-state index in [2.05, 4.69) is 20.8 Å². The van der Waals surface area contributed by atoms with Crippen LogP contribution in [0.5, 0.6) is 0 Å². The van der Waals surface area contributed by atoms with E-state index in [9.17, 15) is 13.7 Å². The number of anilines is 1. The Morgan fingerprint density at radius 2 is 2.12 bits per heavy atom. The molecule has 0 amide bonds. The molecule has 0 radical (unpaired) electrons. The molecule has 0 unspecified atom stereocenters. The zero-order valence-corrected chi connectivity index (χ0v) is 14.0. The standard InChI is InChI=1S/C17H13N5O2S/c1-11-2-4-14(17-16(11)12(8-18)9-20-17)21-25(23,24)13-3-5-15-19-6-7-22(15)10-13/h2-7,9-10,20-21H,1H3. The van der Waals surface area contributed by atoms with Gasteiger partial charge in [0.05, 0.1) is 16.8 Å². The van der Waals surface area contributed by atoms with Gasteiger partial charge in [-0.3, -0.25) is 4.72 Å². The first-order valence-corrected chi connectivity index (χ1v) is 8.94. The quantitative estimate of drug-likeness (QED) is 0.592. The molecule has 0 saturated carbocycles. The highest BCUT2D eigenvalue weighted by atomic mass is 32.2. The third kappa shape index (κ3) is 2.42. The van der Waals surface area contributed by atoms with Crippen molar-refractivity contribution in [3.8, 4) is 6.07 Å². The second-order valence-corrected chi connectivity index (χ2v) is 7.34. The maximum Gasteiger partial charge on any atom is 0.263 e. The molecule has 1 aromatic carbocycles. The van der Waals surface area contributed by atoms with Crippen molar-refractivity contribution in [3.05, 3.63) is 60.2 Å². The molecule has 4 rings (SSSR count). The van der Waals surface area contributed by atoms with Gasteiger partial charge in [-0.25, -0.2) is 13.4 Å². The first kappa shape index (κ1) is 15.2. The van der Waals surface area contributed by atoms with Gasteiger partial charge in [0.25, 0.3) is 10.0 Å². The number of imidazole rings is 1. The van der Waals surface area contributed by atoms with Crippen LogP contribution in [0.15, 0.2) is 53.9 Å². The van der Waals surface area contributed by atoms with Crippen LogP contribution >= 0.6 is 0 Å². The lowest BCUT2D eigenvalue weighted by Gasteiger charge is -2.10. The van der Waals surface area contributed by atoms with Gasteiger partial charge < -0.3 is 9.38 Å². The third-order valence-electron chi connectivity index (χ3n) is 4.08. The summed E-state index contributed by atoms with van der Waals surface area (Å²) in [5.74, 6) is 0. The number of H-pyrrole nitrogens is 1. The fraction of sp³-hybridized carbons (Fsp3) is 0.0588. The Morgan fingerprint density at radius 1 is 1.28 bits per heavy atom. The van der Waals surface area contributed by atoms with E-state index in [1.165, 1.54) is 12.3 Å². The summed E-state index contributed by atoms with van der Waals surface area (Å²) in [4.78, 5) is 7.21. The van der Waals surface area contributed by atoms with Crippen molar-refractivity contribution in [2.75, 3.05) is 4.72 Å². The van der Waals surface area contributed by atoms with E-state index in [1.54, 1.807) is 41.2 Å². The van der Waals surface area contributed by atoms with E-state index in [-0.39, 0.29) is 4.90 Å². The molecule has 0 saturated heterocycles. The molecule has 124 valence electrons. The number of hydrogen-bond donors (Lipinski definition) is 2. The summed E-state index contributed by atoms with van der Waals surface area (Å²) in [5.41, 5.74) is 3.03. The lowest BCUT2D eigenvalue weighted by atomic mass is 10.1. The van der Waals surface area contributed by atoms with Crippen LogP contribution in [0.25, 0.3) is 16.6 Å². The van der Waals surface area contributed by atoms with E-state index in [0.717, 1.165) is 5.56 Å². The van der Waals surface area contributed by atoms with Crippen molar-refractivity contribution >= 4 is 32.3 Å². The summed E-state index contributed by atoms with van der Waals surface area (Å²) in [5, 5.41) is 9.93. The molecule has 3 heterocycles. The van der Waals surface area contributed by atoms with Crippen molar-refractivity contribution in [1.82, 2.24) is 14.4 Å². The van der Waals surface area contributed by atoms with E-state index in [0.29, 0.717) is 27.8 Å². The Kier molecular flexibility index (Phi) is 3.26. The van der Waals surface area contributed by atoms with E-state index in [4.69, 9.17) is 0 Å². The van der Waals surface area contributed by atoms with Gasteiger partial charge in [-0.05, 0) is 30.7 Å².